The number of esters is 1. The molecule has 2 rings (SSSR count). The number of methoxy groups -OCH3 is 1. The third-order valence-electron chi connectivity index (χ3n) is 3.20. The second kappa shape index (κ2) is 6.58. The van der Waals surface area contributed by atoms with E-state index in [1.54, 1.807) is 11.9 Å². The summed E-state index contributed by atoms with van der Waals surface area (Å²) in [5.41, 5.74) is 6.43. The Morgan fingerprint density at radius 2 is 2.10 bits per heavy atom. The number of thiophene rings is 1. The molecule has 112 valence electrons. The normalized spacial score (nSPS) is 10.6. The second-order valence-corrected chi connectivity index (χ2v) is 5.90. The number of carbonyl (C=O) groups is 2. The number of nitrogens with zero attached hydrogens (tertiary/aromatic N) is 1. The molecule has 0 unspecified atom stereocenters. The second-order valence-electron chi connectivity index (χ2n) is 4.81. The van der Waals surface area contributed by atoms with Crippen molar-refractivity contribution in [2.75, 3.05) is 26.4 Å². The van der Waals surface area contributed by atoms with Crippen molar-refractivity contribution in [1.82, 2.24) is 4.90 Å². The van der Waals surface area contributed by atoms with Crippen LogP contribution in [0.15, 0.2) is 24.3 Å². The van der Waals surface area contributed by atoms with E-state index in [1.165, 1.54) is 18.4 Å². The van der Waals surface area contributed by atoms with E-state index in [2.05, 4.69) is 4.74 Å². The van der Waals surface area contributed by atoms with Crippen molar-refractivity contribution in [3.8, 4) is 0 Å². The van der Waals surface area contributed by atoms with Gasteiger partial charge in [0.2, 0.25) is 0 Å². The molecule has 0 fully saturated rings. The summed E-state index contributed by atoms with van der Waals surface area (Å²) in [4.78, 5) is 25.7. The molecule has 0 radical (unpaired) electrons. The maximum Gasteiger partial charge on any atom is 0.305 e. The lowest BCUT2D eigenvalue weighted by atomic mass is 10.2. The SMILES string of the molecule is COC(=O)CCCN(C)C(=O)c1cc2cc(N)ccc2s1. The van der Waals surface area contributed by atoms with Gasteiger partial charge in [-0.25, -0.2) is 0 Å². The molecule has 6 heteroatoms. The average Bonchev–Trinajstić information content (AvgIpc) is 2.88. The number of hydrogen-bond donors (Lipinski definition) is 1. The van der Waals surface area contributed by atoms with Crippen LogP contribution in [0.5, 0.6) is 0 Å². The van der Waals surface area contributed by atoms with Gasteiger partial charge in [0.15, 0.2) is 0 Å². The third kappa shape index (κ3) is 3.72. The van der Waals surface area contributed by atoms with Gasteiger partial charge in [0.05, 0.1) is 12.0 Å². The maximum atomic E-state index is 12.3. The van der Waals surface area contributed by atoms with E-state index in [0.717, 1.165) is 10.1 Å². The van der Waals surface area contributed by atoms with Crippen molar-refractivity contribution in [2.24, 2.45) is 0 Å². The molecule has 1 amide bonds. The highest BCUT2D eigenvalue weighted by Crippen LogP contribution is 2.28. The first-order chi connectivity index (χ1) is 10.0. The Morgan fingerprint density at radius 3 is 2.81 bits per heavy atom. The molecular weight excluding hydrogens is 288 g/mol. The molecule has 21 heavy (non-hydrogen) atoms. The van der Waals surface area contributed by atoms with Crippen molar-refractivity contribution in [1.29, 1.82) is 0 Å². The number of nitrogen functional groups attached to an aromatic ring is 1. The van der Waals surface area contributed by atoms with Gasteiger partial charge in [-0.1, -0.05) is 0 Å². The summed E-state index contributed by atoms with van der Waals surface area (Å²) >= 11 is 1.45. The standard InChI is InChI=1S/C15H18N2O3S/c1-17(7-3-4-14(18)20-2)15(19)13-9-10-8-11(16)5-6-12(10)21-13/h5-6,8-9H,3-4,7,16H2,1-2H3. The first-order valence-corrected chi connectivity index (χ1v) is 7.44. The Kier molecular flexibility index (Phi) is 4.80. The van der Waals surface area contributed by atoms with Crippen molar-refractivity contribution in [3.63, 3.8) is 0 Å². The summed E-state index contributed by atoms with van der Waals surface area (Å²) in [6, 6.07) is 7.46. The molecule has 1 heterocycles. The van der Waals surface area contributed by atoms with Gasteiger partial charge >= 0.3 is 5.97 Å². The van der Waals surface area contributed by atoms with Gasteiger partial charge < -0.3 is 15.4 Å². The number of fused-ring (bicyclic) bond motifs is 1. The molecule has 0 spiro atoms. The van der Waals surface area contributed by atoms with E-state index in [-0.39, 0.29) is 11.9 Å². The first kappa shape index (κ1) is 15.3. The van der Waals surface area contributed by atoms with Crippen LogP contribution in [0.25, 0.3) is 10.1 Å². The smallest absolute Gasteiger partial charge is 0.305 e. The molecule has 0 saturated carbocycles. The van der Waals surface area contributed by atoms with Gasteiger partial charge in [0.1, 0.15) is 0 Å². The molecule has 2 aromatic rings. The zero-order valence-corrected chi connectivity index (χ0v) is 12.9. The lowest BCUT2D eigenvalue weighted by Gasteiger charge is -2.15. The fourth-order valence-electron chi connectivity index (χ4n) is 2.02. The molecule has 0 saturated heterocycles. The molecular formula is C15H18N2O3S. The monoisotopic (exact) mass is 306 g/mol. The highest BCUT2D eigenvalue weighted by molar-refractivity contribution is 7.20. The van der Waals surface area contributed by atoms with Gasteiger partial charge in [0, 0.05) is 30.4 Å². The fraction of sp³-hybridized carbons (Fsp3) is 0.333. The highest BCUT2D eigenvalue weighted by atomic mass is 32.1. The van der Waals surface area contributed by atoms with Gasteiger partial charge in [-0.15, -0.1) is 11.3 Å². The van der Waals surface area contributed by atoms with Gasteiger partial charge in [-0.3, -0.25) is 9.59 Å². The molecule has 5 nitrogen and oxygen atoms in total. The zero-order chi connectivity index (χ0) is 15.4. The number of rotatable bonds is 5. The molecule has 0 aliphatic heterocycles. The van der Waals surface area contributed by atoms with E-state index in [0.29, 0.717) is 30.0 Å². The van der Waals surface area contributed by atoms with Crippen molar-refractivity contribution < 1.29 is 14.3 Å². The van der Waals surface area contributed by atoms with Crippen LogP contribution in [0.2, 0.25) is 0 Å². The van der Waals surface area contributed by atoms with Crippen LogP contribution in [0.3, 0.4) is 0 Å². The minimum atomic E-state index is -0.256. The largest absolute Gasteiger partial charge is 0.469 e. The first-order valence-electron chi connectivity index (χ1n) is 6.62. The Balaban J connectivity index is 2.02. The van der Waals surface area contributed by atoms with Crippen LogP contribution in [0.1, 0.15) is 22.5 Å². The fourth-order valence-corrected chi connectivity index (χ4v) is 3.06. The number of carbonyl (C=O) groups excluding carboxylic acids is 2. The van der Waals surface area contributed by atoms with Gasteiger partial charge in [-0.2, -0.15) is 0 Å². The zero-order valence-electron chi connectivity index (χ0n) is 12.1. The lowest BCUT2D eigenvalue weighted by Crippen LogP contribution is -2.27. The van der Waals surface area contributed by atoms with Crippen LogP contribution < -0.4 is 5.73 Å². The number of hydrogen-bond acceptors (Lipinski definition) is 5. The number of amides is 1. The Bertz CT molecular complexity index is 666. The summed E-state index contributed by atoms with van der Waals surface area (Å²) in [5.74, 6) is -0.298. The van der Waals surface area contributed by atoms with Crippen LogP contribution >= 0.6 is 11.3 Å². The van der Waals surface area contributed by atoms with Gasteiger partial charge in [-0.05, 0) is 36.1 Å². The summed E-state index contributed by atoms with van der Waals surface area (Å²) < 4.78 is 5.61. The quantitative estimate of drug-likeness (QED) is 0.680. The summed E-state index contributed by atoms with van der Waals surface area (Å²) in [6.45, 7) is 0.518. The number of nitrogens with two attached hydrogens (primary N) is 1. The summed E-state index contributed by atoms with van der Waals surface area (Å²) in [5, 5.41) is 0.978. The Hall–Kier alpha value is -2.08. The lowest BCUT2D eigenvalue weighted by molar-refractivity contribution is -0.140. The summed E-state index contributed by atoms with van der Waals surface area (Å²) in [7, 11) is 3.10. The molecule has 0 aliphatic carbocycles. The van der Waals surface area contributed by atoms with Crippen molar-refractivity contribution in [2.45, 2.75) is 12.8 Å². The molecule has 2 N–H and O–H groups in total. The van der Waals surface area contributed by atoms with Crippen LogP contribution in [-0.2, 0) is 9.53 Å². The minimum Gasteiger partial charge on any atom is -0.469 e. The number of benzene rings is 1. The topological polar surface area (TPSA) is 72.6 Å². The third-order valence-corrected chi connectivity index (χ3v) is 4.30. The minimum absolute atomic E-state index is 0.0420. The van der Waals surface area contributed by atoms with Crippen LogP contribution in [0, 0.1) is 0 Å². The maximum absolute atomic E-state index is 12.3. The van der Waals surface area contributed by atoms with E-state index in [1.807, 2.05) is 24.3 Å². The molecule has 0 aliphatic rings. The van der Waals surface area contributed by atoms with E-state index in [9.17, 15) is 9.59 Å². The van der Waals surface area contributed by atoms with E-state index < -0.39 is 0 Å². The number of ether oxygens (including phenoxy) is 1. The predicted octanol–water partition coefficient (Wildman–Crippen LogP) is 2.51. The Labute approximate surface area is 127 Å². The highest BCUT2D eigenvalue weighted by Gasteiger charge is 2.15. The molecule has 1 aromatic heterocycles. The number of anilines is 1. The molecule has 0 bridgehead atoms. The van der Waals surface area contributed by atoms with Crippen molar-refractivity contribution >= 4 is 39.0 Å². The summed E-state index contributed by atoms with van der Waals surface area (Å²) in [6.07, 6.45) is 0.907. The van der Waals surface area contributed by atoms with E-state index >= 15 is 0 Å². The van der Waals surface area contributed by atoms with Crippen molar-refractivity contribution in [3.05, 3.63) is 29.1 Å². The molecule has 0 atom stereocenters. The Morgan fingerprint density at radius 1 is 1.33 bits per heavy atom. The van der Waals surface area contributed by atoms with E-state index in [4.69, 9.17) is 5.73 Å². The van der Waals surface area contributed by atoms with Gasteiger partial charge in [0.25, 0.3) is 5.91 Å². The van der Waals surface area contributed by atoms with Crippen LogP contribution in [0.4, 0.5) is 5.69 Å². The predicted molar refractivity (Wildman–Crippen MR) is 84.4 cm³/mol. The van der Waals surface area contributed by atoms with Crippen LogP contribution in [-0.4, -0.2) is 37.5 Å². The molecule has 1 aromatic carbocycles. The average molecular weight is 306 g/mol.